The number of carbonyl (C=O) groups excluding carboxylic acids is 1. The number of carbonyl (C=O) groups is 1. The van der Waals surface area contributed by atoms with Crippen LogP contribution in [-0.4, -0.2) is 40.8 Å². The van der Waals surface area contributed by atoms with Gasteiger partial charge in [0.05, 0.1) is 12.9 Å². The van der Waals surface area contributed by atoms with E-state index >= 15 is 0 Å². The molecule has 0 saturated heterocycles. The minimum atomic E-state index is -3.21. The van der Waals surface area contributed by atoms with Gasteiger partial charge >= 0.3 is 0 Å². The van der Waals surface area contributed by atoms with Crippen molar-refractivity contribution in [3.8, 4) is 0 Å². The average molecular weight is 286 g/mol. The first-order valence-electron chi connectivity index (χ1n) is 5.73. The predicted molar refractivity (Wildman–Crippen MR) is 72.3 cm³/mol. The first-order chi connectivity index (χ1) is 8.92. The van der Waals surface area contributed by atoms with Crippen LogP contribution in [-0.2, 0) is 21.4 Å². The molecule has 0 saturated carbocycles. The summed E-state index contributed by atoms with van der Waals surface area (Å²) >= 11 is 0. The second kappa shape index (κ2) is 7.22. The topological polar surface area (TPSA) is 84.5 Å². The molecule has 0 unspecified atom stereocenters. The van der Waals surface area contributed by atoms with Crippen molar-refractivity contribution in [2.75, 3.05) is 26.5 Å². The minimum Gasteiger partial charge on any atom is -0.380 e. The van der Waals surface area contributed by atoms with Crippen molar-refractivity contribution in [3.63, 3.8) is 0 Å². The lowest BCUT2D eigenvalue weighted by Gasteiger charge is -2.06. The lowest BCUT2D eigenvalue weighted by atomic mass is 10.1. The van der Waals surface area contributed by atoms with Crippen molar-refractivity contribution in [1.29, 1.82) is 0 Å². The Morgan fingerprint density at radius 2 is 1.84 bits per heavy atom. The minimum absolute atomic E-state index is 0.173. The van der Waals surface area contributed by atoms with Crippen LogP contribution < -0.4 is 10.0 Å². The van der Waals surface area contributed by atoms with Gasteiger partial charge in [-0.3, -0.25) is 4.79 Å². The average Bonchev–Trinajstić information content (AvgIpc) is 2.34. The maximum absolute atomic E-state index is 11.7. The maximum Gasteiger partial charge on any atom is 0.251 e. The predicted octanol–water partition coefficient (Wildman–Crippen LogP) is 0.112. The largest absolute Gasteiger partial charge is 0.380 e. The van der Waals surface area contributed by atoms with Gasteiger partial charge in [-0.2, -0.15) is 0 Å². The molecule has 1 aromatic rings. The van der Waals surface area contributed by atoms with E-state index in [1.54, 1.807) is 19.2 Å². The molecular formula is C12H18N2O4S. The summed E-state index contributed by atoms with van der Waals surface area (Å²) in [4.78, 5) is 11.7. The van der Waals surface area contributed by atoms with E-state index in [1.165, 1.54) is 0 Å². The zero-order valence-corrected chi connectivity index (χ0v) is 11.8. The summed E-state index contributed by atoms with van der Waals surface area (Å²) in [5.74, 6) is -0.237. The highest BCUT2D eigenvalue weighted by Gasteiger charge is 2.05. The third-order valence-electron chi connectivity index (χ3n) is 2.30. The number of sulfonamides is 1. The molecule has 19 heavy (non-hydrogen) atoms. The molecule has 0 spiro atoms. The zero-order valence-electron chi connectivity index (χ0n) is 11.0. The molecule has 0 aliphatic heterocycles. The van der Waals surface area contributed by atoms with Crippen LogP contribution in [0.15, 0.2) is 24.3 Å². The standard InChI is InChI=1S/C12H18N2O4S/c1-18-9-10-3-5-11(6-4-10)12(15)13-7-8-14-19(2,16)17/h3-6,14H,7-9H2,1-2H3,(H,13,15). The number of amides is 1. The van der Waals surface area contributed by atoms with Gasteiger partial charge in [0.25, 0.3) is 5.91 Å². The van der Waals surface area contributed by atoms with Gasteiger partial charge in [0, 0.05) is 25.8 Å². The lowest BCUT2D eigenvalue weighted by molar-refractivity contribution is 0.0954. The number of benzene rings is 1. The fourth-order valence-corrected chi connectivity index (χ4v) is 1.91. The van der Waals surface area contributed by atoms with Crippen LogP contribution in [0.5, 0.6) is 0 Å². The van der Waals surface area contributed by atoms with Crippen LogP contribution in [0.2, 0.25) is 0 Å². The van der Waals surface area contributed by atoms with Gasteiger partial charge in [0.2, 0.25) is 10.0 Å². The van der Waals surface area contributed by atoms with Crippen molar-refractivity contribution in [1.82, 2.24) is 10.0 Å². The van der Waals surface area contributed by atoms with Crippen LogP contribution in [0.1, 0.15) is 15.9 Å². The first kappa shape index (κ1) is 15.6. The van der Waals surface area contributed by atoms with E-state index in [9.17, 15) is 13.2 Å². The van der Waals surface area contributed by atoms with Crippen molar-refractivity contribution < 1.29 is 17.9 Å². The van der Waals surface area contributed by atoms with Crippen LogP contribution in [0, 0.1) is 0 Å². The fraction of sp³-hybridized carbons (Fsp3) is 0.417. The van der Waals surface area contributed by atoms with Crippen LogP contribution in [0.25, 0.3) is 0 Å². The van der Waals surface area contributed by atoms with E-state index < -0.39 is 10.0 Å². The Bertz CT molecular complexity index is 511. The third kappa shape index (κ3) is 6.32. The summed E-state index contributed by atoms with van der Waals surface area (Å²) in [6.07, 6.45) is 1.07. The van der Waals surface area contributed by atoms with Crippen molar-refractivity contribution >= 4 is 15.9 Å². The second-order valence-electron chi connectivity index (χ2n) is 4.05. The van der Waals surface area contributed by atoms with E-state index in [0.717, 1.165) is 11.8 Å². The maximum atomic E-state index is 11.7. The smallest absolute Gasteiger partial charge is 0.251 e. The first-order valence-corrected chi connectivity index (χ1v) is 7.62. The SMILES string of the molecule is COCc1ccc(C(=O)NCCNS(C)(=O)=O)cc1. The number of ether oxygens (including phenoxy) is 1. The van der Waals surface area contributed by atoms with Crippen molar-refractivity contribution in [3.05, 3.63) is 35.4 Å². The molecule has 0 bridgehead atoms. The van der Waals surface area contributed by atoms with Crippen LogP contribution in [0.3, 0.4) is 0 Å². The summed E-state index contributed by atoms with van der Waals surface area (Å²) in [6.45, 7) is 0.915. The van der Waals surface area contributed by atoms with Gasteiger partial charge in [-0.1, -0.05) is 12.1 Å². The monoisotopic (exact) mass is 286 g/mol. The normalized spacial score (nSPS) is 11.3. The zero-order chi connectivity index (χ0) is 14.3. The van der Waals surface area contributed by atoms with Crippen molar-refractivity contribution in [2.45, 2.75) is 6.61 Å². The number of hydrogen-bond donors (Lipinski definition) is 2. The molecule has 1 aromatic carbocycles. The molecule has 106 valence electrons. The summed E-state index contributed by atoms with van der Waals surface area (Å²) in [6, 6.07) is 7.03. The molecule has 0 fully saturated rings. The molecule has 0 atom stereocenters. The number of methoxy groups -OCH3 is 1. The molecule has 0 aliphatic carbocycles. The van der Waals surface area contributed by atoms with E-state index in [4.69, 9.17) is 4.74 Å². The second-order valence-corrected chi connectivity index (χ2v) is 5.89. The third-order valence-corrected chi connectivity index (χ3v) is 3.03. The Hall–Kier alpha value is -1.44. The summed E-state index contributed by atoms with van der Waals surface area (Å²) in [5.41, 5.74) is 1.51. The lowest BCUT2D eigenvalue weighted by Crippen LogP contribution is -2.34. The van der Waals surface area contributed by atoms with Gasteiger partial charge in [-0.15, -0.1) is 0 Å². The van der Waals surface area contributed by atoms with E-state index in [-0.39, 0.29) is 19.0 Å². The Kier molecular flexibility index (Phi) is 5.94. The van der Waals surface area contributed by atoms with Gasteiger partial charge in [-0.25, -0.2) is 13.1 Å². The Morgan fingerprint density at radius 1 is 1.21 bits per heavy atom. The van der Waals surface area contributed by atoms with Gasteiger partial charge in [-0.05, 0) is 17.7 Å². The van der Waals surface area contributed by atoms with Gasteiger partial charge in [0.15, 0.2) is 0 Å². The number of rotatable bonds is 7. The van der Waals surface area contributed by atoms with Crippen LogP contribution >= 0.6 is 0 Å². The summed E-state index contributed by atoms with van der Waals surface area (Å²) < 4.78 is 28.9. The highest BCUT2D eigenvalue weighted by atomic mass is 32.2. The van der Waals surface area contributed by atoms with E-state index in [0.29, 0.717) is 12.2 Å². The van der Waals surface area contributed by atoms with Gasteiger partial charge in [0.1, 0.15) is 0 Å². The fourth-order valence-electron chi connectivity index (χ4n) is 1.43. The molecule has 0 aliphatic rings. The number of nitrogens with one attached hydrogen (secondary N) is 2. The summed E-state index contributed by atoms with van der Waals surface area (Å²) in [5, 5.41) is 2.63. The van der Waals surface area contributed by atoms with Gasteiger partial charge < -0.3 is 10.1 Å². The Balaban J connectivity index is 2.41. The molecule has 1 rings (SSSR count). The summed E-state index contributed by atoms with van der Waals surface area (Å²) in [7, 11) is -1.61. The molecular weight excluding hydrogens is 268 g/mol. The number of hydrogen-bond acceptors (Lipinski definition) is 4. The van der Waals surface area contributed by atoms with Crippen LogP contribution in [0.4, 0.5) is 0 Å². The highest BCUT2D eigenvalue weighted by Crippen LogP contribution is 2.05. The molecule has 6 nitrogen and oxygen atoms in total. The molecule has 1 amide bonds. The molecule has 7 heteroatoms. The van der Waals surface area contributed by atoms with E-state index in [1.807, 2.05) is 12.1 Å². The Labute approximate surface area is 113 Å². The van der Waals surface area contributed by atoms with Crippen molar-refractivity contribution in [2.24, 2.45) is 0 Å². The quantitative estimate of drug-likeness (QED) is 0.697. The molecule has 2 N–H and O–H groups in total. The van der Waals surface area contributed by atoms with E-state index in [2.05, 4.69) is 10.0 Å². The molecule has 0 aromatic heterocycles. The molecule has 0 radical (unpaired) electrons. The highest BCUT2D eigenvalue weighted by molar-refractivity contribution is 7.88. The molecule has 0 heterocycles. The Morgan fingerprint density at radius 3 is 2.37 bits per heavy atom.